The van der Waals surface area contributed by atoms with Gasteiger partial charge in [-0.15, -0.1) is 0 Å². The van der Waals surface area contributed by atoms with Gasteiger partial charge in [-0.25, -0.2) is 0 Å². The summed E-state index contributed by atoms with van der Waals surface area (Å²) >= 11 is 5.91. The summed E-state index contributed by atoms with van der Waals surface area (Å²) in [6.07, 6.45) is 4.12. The number of benzene rings is 1. The van der Waals surface area contributed by atoms with Crippen LogP contribution in [0.15, 0.2) is 30.4 Å². The lowest BCUT2D eigenvalue weighted by Gasteiger charge is -2.24. The number of non-ortho nitro benzene ring substituents is 1. The monoisotopic (exact) mass is 324 g/mol. The molecule has 22 heavy (non-hydrogen) atoms. The summed E-state index contributed by atoms with van der Waals surface area (Å²) in [4.78, 5) is 33.5. The molecule has 0 spiro atoms. The van der Waals surface area contributed by atoms with Gasteiger partial charge in [0.25, 0.3) is 5.69 Å². The topological polar surface area (TPSA) is 110 Å². The van der Waals surface area contributed by atoms with E-state index in [9.17, 15) is 19.7 Å². The number of nitro groups is 1. The summed E-state index contributed by atoms with van der Waals surface area (Å²) < 4.78 is 0. The van der Waals surface area contributed by atoms with Crippen LogP contribution >= 0.6 is 11.6 Å². The first-order valence-corrected chi connectivity index (χ1v) is 6.90. The van der Waals surface area contributed by atoms with E-state index in [1.807, 2.05) is 0 Å². The number of halogens is 1. The van der Waals surface area contributed by atoms with Crippen LogP contribution < -0.4 is 5.32 Å². The summed E-state index contributed by atoms with van der Waals surface area (Å²) in [5.74, 6) is -2.98. The van der Waals surface area contributed by atoms with Crippen LogP contribution in [0.3, 0.4) is 0 Å². The Morgan fingerprint density at radius 3 is 2.45 bits per heavy atom. The van der Waals surface area contributed by atoms with Gasteiger partial charge in [0, 0.05) is 12.1 Å². The summed E-state index contributed by atoms with van der Waals surface area (Å²) in [5.41, 5.74) is 0.0305. The van der Waals surface area contributed by atoms with Gasteiger partial charge in [-0.05, 0) is 18.9 Å². The highest BCUT2D eigenvalue weighted by Gasteiger charge is 2.34. The minimum Gasteiger partial charge on any atom is -0.481 e. The molecule has 8 heteroatoms. The maximum atomic E-state index is 12.3. The lowest BCUT2D eigenvalue weighted by Crippen LogP contribution is -2.34. The first-order chi connectivity index (χ1) is 10.4. The third kappa shape index (κ3) is 3.43. The number of nitrogens with one attached hydrogen (secondary N) is 1. The molecule has 1 aliphatic carbocycles. The highest BCUT2D eigenvalue weighted by atomic mass is 35.5. The standard InChI is InChI=1S/C14H13ClN2O5/c15-11-7-8(17(21)22)5-6-12(11)16-13(18)9-3-1-2-4-10(9)14(19)20/h1-2,5-7,9-10H,3-4H2,(H,16,18)(H,19,20)/t9-,10+/m0/s1. The van der Waals surface area contributed by atoms with E-state index in [-0.39, 0.29) is 16.4 Å². The number of carbonyl (C=O) groups is 2. The molecule has 0 heterocycles. The van der Waals surface area contributed by atoms with Crippen molar-refractivity contribution in [1.29, 1.82) is 0 Å². The minimum atomic E-state index is -1.03. The average molecular weight is 325 g/mol. The maximum Gasteiger partial charge on any atom is 0.307 e. The molecule has 0 fully saturated rings. The second-order valence-corrected chi connectivity index (χ2v) is 5.31. The Morgan fingerprint density at radius 1 is 1.27 bits per heavy atom. The van der Waals surface area contributed by atoms with Gasteiger partial charge in [0.05, 0.1) is 27.5 Å². The van der Waals surface area contributed by atoms with Crippen LogP contribution in [0.1, 0.15) is 12.8 Å². The predicted octanol–water partition coefficient (Wildman–Crippen LogP) is 2.85. The van der Waals surface area contributed by atoms with E-state index >= 15 is 0 Å². The van der Waals surface area contributed by atoms with Gasteiger partial charge in [0.15, 0.2) is 0 Å². The fraction of sp³-hybridized carbons (Fsp3) is 0.286. The number of hydrogen-bond donors (Lipinski definition) is 2. The molecule has 1 aromatic rings. The number of anilines is 1. The first kappa shape index (κ1) is 16.0. The van der Waals surface area contributed by atoms with E-state index in [0.717, 1.165) is 6.07 Å². The van der Waals surface area contributed by atoms with Crippen molar-refractivity contribution >= 4 is 34.9 Å². The Labute approximate surface area is 130 Å². The Balaban J connectivity index is 2.16. The summed E-state index contributed by atoms with van der Waals surface area (Å²) in [7, 11) is 0. The number of carboxylic acids is 1. The highest BCUT2D eigenvalue weighted by Crippen LogP contribution is 2.30. The fourth-order valence-corrected chi connectivity index (χ4v) is 2.54. The number of nitro benzene ring substituents is 1. The van der Waals surface area contributed by atoms with E-state index in [1.54, 1.807) is 12.2 Å². The third-order valence-corrected chi connectivity index (χ3v) is 3.82. The summed E-state index contributed by atoms with van der Waals surface area (Å²) in [6.45, 7) is 0. The number of carbonyl (C=O) groups excluding carboxylic acids is 1. The van der Waals surface area contributed by atoms with Crippen molar-refractivity contribution in [3.63, 3.8) is 0 Å². The molecule has 0 saturated heterocycles. The summed E-state index contributed by atoms with van der Waals surface area (Å²) in [6, 6.07) is 3.68. The SMILES string of the molecule is O=C(Nc1ccc([N+](=O)[O-])cc1Cl)[C@H]1CC=CC[C@H]1C(=O)O. The molecular weight excluding hydrogens is 312 g/mol. The first-order valence-electron chi connectivity index (χ1n) is 6.52. The van der Waals surface area contributed by atoms with Crippen LogP contribution in [0, 0.1) is 22.0 Å². The second-order valence-electron chi connectivity index (χ2n) is 4.90. The molecule has 0 bridgehead atoms. The molecule has 1 aromatic carbocycles. The van der Waals surface area contributed by atoms with Crippen LogP contribution in [0.4, 0.5) is 11.4 Å². The molecule has 0 unspecified atom stereocenters. The Hall–Kier alpha value is -2.41. The third-order valence-electron chi connectivity index (χ3n) is 3.51. The molecule has 1 aliphatic rings. The van der Waals surface area contributed by atoms with E-state index in [4.69, 9.17) is 16.7 Å². The van der Waals surface area contributed by atoms with Crippen molar-refractivity contribution in [2.75, 3.05) is 5.32 Å². The quantitative estimate of drug-likeness (QED) is 0.502. The van der Waals surface area contributed by atoms with Crippen molar-refractivity contribution in [1.82, 2.24) is 0 Å². The lowest BCUT2D eigenvalue weighted by molar-refractivity contribution is -0.384. The van der Waals surface area contributed by atoms with Crippen molar-refractivity contribution in [2.24, 2.45) is 11.8 Å². The Kier molecular flexibility index (Phi) is 4.77. The van der Waals surface area contributed by atoms with Gasteiger partial charge in [-0.2, -0.15) is 0 Å². The molecular formula is C14H13ClN2O5. The second kappa shape index (κ2) is 6.57. The Morgan fingerprint density at radius 2 is 1.91 bits per heavy atom. The van der Waals surface area contributed by atoms with Crippen molar-refractivity contribution in [2.45, 2.75) is 12.8 Å². The number of amides is 1. The van der Waals surface area contributed by atoms with E-state index in [1.165, 1.54) is 12.1 Å². The zero-order valence-corrected chi connectivity index (χ0v) is 12.1. The fourth-order valence-electron chi connectivity index (χ4n) is 2.32. The number of rotatable bonds is 4. The van der Waals surface area contributed by atoms with Crippen LogP contribution in [-0.4, -0.2) is 21.9 Å². The zero-order chi connectivity index (χ0) is 16.3. The molecule has 7 nitrogen and oxygen atoms in total. The average Bonchev–Trinajstić information content (AvgIpc) is 2.48. The molecule has 0 saturated carbocycles. The van der Waals surface area contributed by atoms with Crippen LogP contribution in [-0.2, 0) is 9.59 Å². The predicted molar refractivity (Wildman–Crippen MR) is 79.7 cm³/mol. The van der Waals surface area contributed by atoms with E-state index < -0.39 is 28.6 Å². The van der Waals surface area contributed by atoms with Gasteiger partial charge in [0.1, 0.15) is 0 Å². The van der Waals surface area contributed by atoms with Crippen molar-refractivity contribution < 1.29 is 19.6 Å². The lowest BCUT2D eigenvalue weighted by atomic mass is 9.82. The number of aliphatic carboxylic acids is 1. The van der Waals surface area contributed by atoms with Crippen LogP contribution in [0.25, 0.3) is 0 Å². The molecule has 2 rings (SSSR count). The maximum absolute atomic E-state index is 12.3. The van der Waals surface area contributed by atoms with Crippen molar-refractivity contribution in [3.8, 4) is 0 Å². The Bertz CT molecular complexity index is 659. The molecule has 0 aliphatic heterocycles. The molecule has 1 amide bonds. The molecule has 116 valence electrons. The molecule has 0 aromatic heterocycles. The van der Waals surface area contributed by atoms with Crippen LogP contribution in [0.2, 0.25) is 5.02 Å². The smallest absolute Gasteiger partial charge is 0.307 e. The largest absolute Gasteiger partial charge is 0.481 e. The van der Waals surface area contributed by atoms with Gasteiger partial charge in [0.2, 0.25) is 5.91 Å². The minimum absolute atomic E-state index is 0.0285. The molecule has 2 atom stereocenters. The summed E-state index contributed by atoms with van der Waals surface area (Å²) in [5, 5.41) is 22.4. The van der Waals surface area contributed by atoms with Gasteiger partial charge in [-0.3, -0.25) is 19.7 Å². The van der Waals surface area contributed by atoms with Gasteiger partial charge >= 0.3 is 5.97 Å². The number of carboxylic acid groups (broad SMARTS) is 1. The number of hydrogen-bond acceptors (Lipinski definition) is 4. The van der Waals surface area contributed by atoms with Crippen molar-refractivity contribution in [3.05, 3.63) is 45.5 Å². The molecule has 2 N–H and O–H groups in total. The number of nitrogens with zero attached hydrogens (tertiary/aromatic N) is 1. The number of allylic oxidation sites excluding steroid dienone is 2. The normalized spacial score (nSPS) is 20.4. The van der Waals surface area contributed by atoms with Gasteiger partial charge < -0.3 is 10.4 Å². The van der Waals surface area contributed by atoms with Gasteiger partial charge in [-0.1, -0.05) is 23.8 Å². The van der Waals surface area contributed by atoms with E-state index in [2.05, 4.69) is 5.32 Å². The molecule has 0 radical (unpaired) electrons. The van der Waals surface area contributed by atoms with E-state index in [0.29, 0.717) is 12.8 Å². The highest BCUT2D eigenvalue weighted by molar-refractivity contribution is 6.34. The zero-order valence-electron chi connectivity index (χ0n) is 11.4. The van der Waals surface area contributed by atoms with Crippen LogP contribution in [0.5, 0.6) is 0 Å².